The second-order valence-corrected chi connectivity index (χ2v) is 7.01. The van der Waals surface area contributed by atoms with Gasteiger partial charge in [0.25, 0.3) is 0 Å². The summed E-state index contributed by atoms with van der Waals surface area (Å²) in [6.45, 7) is 4.56. The molecule has 0 fully saturated rings. The fourth-order valence-corrected chi connectivity index (χ4v) is 4.07. The maximum Gasteiger partial charge on any atom is -0.0242 e. The van der Waals surface area contributed by atoms with E-state index in [1.807, 2.05) is 0 Å². The molecule has 2 radical (unpaired) electrons. The lowest BCUT2D eigenvalue weighted by Gasteiger charge is -2.00. The van der Waals surface area contributed by atoms with Crippen LogP contribution in [0, 0.1) is 0 Å². The zero-order chi connectivity index (χ0) is 10.5. The minimum Gasteiger partial charge on any atom is -0.0654 e. The van der Waals surface area contributed by atoms with Crippen LogP contribution in [0.25, 0.3) is 0 Å². The van der Waals surface area contributed by atoms with E-state index in [0.29, 0.717) is 0 Å². The highest BCUT2D eigenvalue weighted by Gasteiger charge is 1.92. The maximum atomic E-state index is 2.28. The average molecular weight is 232 g/mol. The molecule has 0 bridgehead atoms. The van der Waals surface area contributed by atoms with Crippen molar-refractivity contribution in [3.63, 3.8) is 0 Å². The Morgan fingerprint density at radius 1 is 0.571 bits per heavy atom. The van der Waals surface area contributed by atoms with E-state index in [1.54, 1.807) is 16.5 Å². The minimum absolute atomic E-state index is 1.37. The van der Waals surface area contributed by atoms with E-state index < -0.39 is 0 Å². The van der Waals surface area contributed by atoms with E-state index in [9.17, 15) is 0 Å². The standard InChI is InChI=1S/C12H26P2/c1-3-5-7-9-11-13-14-12-10-8-6-4-2/h3-12H2,1-2H3. The predicted octanol–water partition coefficient (Wildman–Crippen LogP) is 5.95. The molecular formula is C12H26P2. The van der Waals surface area contributed by atoms with Crippen LogP contribution in [-0.2, 0) is 0 Å². The topological polar surface area (TPSA) is 0 Å². The molecule has 0 aliphatic heterocycles. The molecule has 0 rings (SSSR count). The molecule has 2 heteroatoms. The lowest BCUT2D eigenvalue weighted by molar-refractivity contribution is 0.705. The van der Waals surface area contributed by atoms with Gasteiger partial charge in [0.2, 0.25) is 0 Å². The molecule has 0 heterocycles. The van der Waals surface area contributed by atoms with Crippen LogP contribution in [0.4, 0.5) is 0 Å². The van der Waals surface area contributed by atoms with Gasteiger partial charge in [0.05, 0.1) is 0 Å². The zero-order valence-electron chi connectivity index (χ0n) is 9.97. The van der Waals surface area contributed by atoms with Gasteiger partial charge in [-0.2, -0.15) is 0 Å². The second kappa shape index (κ2) is 13.9. The van der Waals surface area contributed by atoms with Gasteiger partial charge in [-0.3, -0.25) is 0 Å². The fourth-order valence-electron chi connectivity index (χ4n) is 1.36. The summed E-state index contributed by atoms with van der Waals surface area (Å²) in [6.07, 6.45) is 14.3. The summed E-state index contributed by atoms with van der Waals surface area (Å²) in [6, 6.07) is 0. The molecule has 0 saturated heterocycles. The number of hydrogen-bond acceptors (Lipinski definition) is 0. The lowest BCUT2D eigenvalue weighted by Crippen LogP contribution is -1.78. The van der Waals surface area contributed by atoms with Gasteiger partial charge in [-0.15, -0.1) is 0 Å². The van der Waals surface area contributed by atoms with Crippen molar-refractivity contribution in [2.45, 2.75) is 65.2 Å². The predicted molar refractivity (Wildman–Crippen MR) is 71.9 cm³/mol. The Bertz CT molecular complexity index is 82.3. The molecule has 0 aliphatic carbocycles. The van der Waals surface area contributed by atoms with Crippen LogP contribution in [-0.4, -0.2) is 12.3 Å². The van der Waals surface area contributed by atoms with Crippen molar-refractivity contribution in [3.05, 3.63) is 0 Å². The summed E-state index contributed by atoms with van der Waals surface area (Å²) < 4.78 is 0. The van der Waals surface area contributed by atoms with Gasteiger partial charge in [-0.1, -0.05) is 52.4 Å². The number of hydrogen-bond donors (Lipinski definition) is 0. The molecule has 84 valence electrons. The SMILES string of the molecule is CCCCCC[P][P]CCCCCC. The summed E-state index contributed by atoms with van der Waals surface area (Å²) >= 11 is 0. The molecule has 0 aliphatic rings. The highest BCUT2D eigenvalue weighted by atomic mass is 32.0. The molecule has 0 N–H and O–H groups in total. The van der Waals surface area contributed by atoms with E-state index in [0.717, 1.165) is 0 Å². The highest BCUT2D eigenvalue weighted by molar-refractivity contribution is 8.11. The first-order chi connectivity index (χ1) is 6.91. The highest BCUT2D eigenvalue weighted by Crippen LogP contribution is 2.38. The largest absolute Gasteiger partial charge is 0.0654 e. The van der Waals surface area contributed by atoms with E-state index in [-0.39, 0.29) is 0 Å². The Morgan fingerprint density at radius 2 is 1.00 bits per heavy atom. The number of unbranched alkanes of at least 4 members (excludes halogenated alkanes) is 6. The summed E-state index contributed by atoms with van der Waals surface area (Å²) in [4.78, 5) is 0. The van der Waals surface area contributed by atoms with Crippen molar-refractivity contribution in [2.75, 3.05) is 12.3 Å². The molecular weight excluding hydrogens is 206 g/mol. The second-order valence-electron chi connectivity index (χ2n) is 3.85. The van der Waals surface area contributed by atoms with E-state index in [4.69, 9.17) is 0 Å². The monoisotopic (exact) mass is 232 g/mol. The van der Waals surface area contributed by atoms with E-state index >= 15 is 0 Å². The van der Waals surface area contributed by atoms with Crippen LogP contribution in [0.15, 0.2) is 0 Å². The lowest BCUT2D eigenvalue weighted by atomic mass is 10.2. The molecule has 0 unspecified atom stereocenters. The van der Waals surface area contributed by atoms with E-state index in [1.165, 1.54) is 63.7 Å². The summed E-state index contributed by atoms with van der Waals surface area (Å²) in [5.74, 6) is 0. The average Bonchev–Trinajstić information content (AvgIpc) is 2.21. The zero-order valence-corrected chi connectivity index (χ0v) is 11.8. The fraction of sp³-hybridized carbons (Fsp3) is 1.00. The normalized spacial score (nSPS) is 12.4. The Labute approximate surface area is 94.5 Å². The van der Waals surface area contributed by atoms with Crippen LogP contribution in [0.5, 0.6) is 0 Å². The Hall–Kier alpha value is 0.860. The third-order valence-corrected chi connectivity index (χ3v) is 5.36. The van der Waals surface area contributed by atoms with Crippen molar-refractivity contribution in [1.29, 1.82) is 0 Å². The Balaban J connectivity index is 2.78. The van der Waals surface area contributed by atoms with Crippen molar-refractivity contribution in [2.24, 2.45) is 0 Å². The first kappa shape index (κ1) is 14.9. The molecule has 0 aromatic rings. The molecule has 0 spiro atoms. The van der Waals surface area contributed by atoms with Gasteiger partial charge in [0.15, 0.2) is 0 Å². The van der Waals surface area contributed by atoms with Crippen molar-refractivity contribution in [1.82, 2.24) is 0 Å². The quantitative estimate of drug-likeness (QED) is 0.305. The van der Waals surface area contributed by atoms with Gasteiger partial charge in [-0.25, -0.2) is 0 Å². The molecule has 0 nitrogen and oxygen atoms in total. The van der Waals surface area contributed by atoms with Crippen molar-refractivity contribution in [3.8, 4) is 0 Å². The van der Waals surface area contributed by atoms with Crippen LogP contribution in [0.2, 0.25) is 0 Å². The molecule has 0 saturated carbocycles. The van der Waals surface area contributed by atoms with Gasteiger partial charge in [-0.05, 0) is 41.7 Å². The minimum atomic E-state index is 1.37. The first-order valence-electron chi connectivity index (χ1n) is 6.25. The molecule has 0 amide bonds. The van der Waals surface area contributed by atoms with Gasteiger partial charge < -0.3 is 0 Å². The Morgan fingerprint density at radius 3 is 1.36 bits per heavy atom. The maximum absolute atomic E-state index is 2.28. The molecule has 0 aromatic heterocycles. The third-order valence-electron chi connectivity index (χ3n) is 2.32. The van der Waals surface area contributed by atoms with Crippen LogP contribution < -0.4 is 0 Å². The van der Waals surface area contributed by atoms with Crippen molar-refractivity contribution >= 4 is 16.5 Å². The van der Waals surface area contributed by atoms with Crippen molar-refractivity contribution < 1.29 is 0 Å². The first-order valence-corrected chi connectivity index (χ1v) is 9.11. The molecule has 14 heavy (non-hydrogen) atoms. The van der Waals surface area contributed by atoms with Crippen LogP contribution in [0.3, 0.4) is 0 Å². The van der Waals surface area contributed by atoms with Gasteiger partial charge in [0.1, 0.15) is 0 Å². The van der Waals surface area contributed by atoms with Crippen LogP contribution >= 0.6 is 16.5 Å². The van der Waals surface area contributed by atoms with Gasteiger partial charge in [0, 0.05) is 0 Å². The number of rotatable bonds is 11. The summed E-state index contributed by atoms with van der Waals surface area (Å²) in [7, 11) is 3.36. The molecule has 0 atom stereocenters. The molecule has 0 aromatic carbocycles. The smallest absolute Gasteiger partial charge is 0.0242 e. The third kappa shape index (κ3) is 12.9. The van der Waals surface area contributed by atoms with E-state index in [2.05, 4.69) is 13.8 Å². The Kier molecular flexibility index (Phi) is 14.7. The van der Waals surface area contributed by atoms with Crippen LogP contribution in [0.1, 0.15) is 65.2 Å². The summed E-state index contributed by atoms with van der Waals surface area (Å²) in [5.41, 5.74) is 0. The van der Waals surface area contributed by atoms with Gasteiger partial charge >= 0.3 is 0 Å². The summed E-state index contributed by atoms with van der Waals surface area (Å²) in [5, 5.41) is 0.